The van der Waals surface area contributed by atoms with Crippen molar-refractivity contribution in [2.75, 3.05) is 70.8 Å². The van der Waals surface area contributed by atoms with Gasteiger partial charge in [-0.2, -0.15) is 0 Å². The van der Waals surface area contributed by atoms with Crippen LogP contribution in [0.4, 0.5) is 5.69 Å². The van der Waals surface area contributed by atoms with E-state index in [9.17, 15) is 9.59 Å². The summed E-state index contributed by atoms with van der Waals surface area (Å²) in [5, 5.41) is 2.87. The molecule has 1 heterocycles. The Morgan fingerprint density at radius 3 is 2.15 bits per heavy atom. The monoisotopic (exact) mass is 567 g/mol. The molecule has 0 bridgehead atoms. The van der Waals surface area contributed by atoms with Crippen LogP contribution in [-0.2, 0) is 35.1 Å². The van der Waals surface area contributed by atoms with Crippen LogP contribution in [0.3, 0.4) is 0 Å². The van der Waals surface area contributed by atoms with E-state index in [1.165, 1.54) is 0 Å². The average Bonchev–Trinajstić information content (AvgIpc) is 2.98. The highest BCUT2D eigenvalue weighted by Crippen LogP contribution is 2.33. The van der Waals surface area contributed by atoms with Gasteiger partial charge >= 0.3 is 0 Å². The lowest BCUT2D eigenvalue weighted by Gasteiger charge is -2.28. The van der Waals surface area contributed by atoms with Crippen molar-refractivity contribution in [2.24, 2.45) is 5.73 Å². The number of rotatable bonds is 19. The number of fused-ring (bicyclic) bond motifs is 2. The molecule has 2 amide bonds. The van der Waals surface area contributed by atoms with E-state index in [0.29, 0.717) is 98.2 Å². The molecule has 2 aromatic rings. The van der Waals surface area contributed by atoms with Gasteiger partial charge in [0.15, 0.2) is 0 Å². The maximum absolute atomic E-state index is 13.4. The summed E-state index contributed by atoms with van der Waals surface area (Å²) >= 11 is 0. The maximum atomic E-state index is 13.4. The van der Waals surface area contributed by atoms with Crippen LogP contribution in [-0.4, -0.2) is 77.8 Å². The number of benzene rings is 2. The standard InChI is InChI=1S/C32H45N3O6/c1-26-24-27-8-2-3-9-28(27)25-35(30-11-5-4-10-29(26)30)32(37)13-7-6-12-31(36)34-15-17-39-19-21-41-23-22-40-20-18-38-16-14-33/h2-5,8-11,24H,6-7,12-23,25,33H2,1H3,(H,34,36)/b26-24-. The average molecular weight is 568 g/mol. The molecule has 0 atom stereocenters. The first-order valence-corrected chi connectivity index (χ1v) is 14.5. The van der Waals surface area contributed by atoms with Gasteiger partial charge in [-0.25, -0.2) is 0 Å². The van der Waals surface area contributed by atoms with Crippen molar-refractivity contribution in [2.45, 2.75) is 39.2 Å². The smallest absolute Gasteiger partial charge is 0.227 e. The number of nitrogens with zero attached hydrogens (tertiary/aromatic N) is 1. The number of ether oxygens (including phenoxy) is 4. The molecular formula is C32H45N3O6. The Morgan fingerprint density at radius 2 is 1.41 bits per heavy atom. The van der Waals surface area contributed by atoms with Crippen molar-refractivity contribution < 1.29 is 28.5 Å². The molecule has 3 rings (SSSR count). The number of nitrogens with one attached hydrogen (secondary N) is 1. The quantitative estimate of drug-likeness (QED) is 0.248. The van der Waals surface area contributed by atoms with Gasteiger partial charge in [0.25, 0.3) is 0 Å². The topological polar surface area (TPSA) is 112 Å². The Hall–Kier alpha value is -3.08. The summed E-state index contributed by atoms with van der Waals surface area (Å²) in [6.45, 7) is 7.52. The first-order valence-electron chi connectivity index (χ1n) is 14.5. The van der Waals surface area contributed by atoms with Gasteiger partial charge < -0.3 is 34.9 Å². The second-order valence-electron chi connectivity index (χ2n) is 9.82. The van der Waals surface area contributed by atoms with Crippen molar-refractivity contribution >= 4 is 29.2 Å². The van der Waals surface area contributed by atoms with E-state index in [2.05, 4.69) is 36.5 Å². The van der Waals surface area contributed by atoms with Crippen LogP contribution < -0.4 is 16.0 Å². The number of anilines is 1. The van der Waals surface area contributed by atoms with Gasteiger partial charge in [0.1, 0.15) is 0 Å². The van der Waals surface area contributed by atoms with E-state index in [1.54, 1.807) is 0 Å². The van der Waals surface area contributed by atoms with Crippen molar-refractivity contribution in [1.82, 2.24) is 5.32 Å². The third-order valence-corrected chi connectivity index (χ3v) is 6.67. The number of carbonyl (C=O) groups is 2. The lowest BCUT2D eigenvalue weighted by atomic mass is 9.96. The fraction of sp³-hybridized carbons (Fsp3) is 0.500. The molecular weight excluding hydrogens is 522 g/mol. The van der Waals surface area contributed by atoms with Crippen molar-refractivity contribution in [3.05, 3.63) is 65.2 Å². The molecule has 0 fully saturated rings. The molecule has 0 aromatic heterocycles. The highest BCUT2D eigenvalue weighted by molar-refractivity contribution is 5.99. The van der Waals surface area contributed by atoms with E-state index in [0.717, 1.165) is 28.0 Å². The van der Waals surface area contributed by atoms with Crippen LogP contribution in [0.1, 0.15) is 49.3 Å². The molecule has 0 radical (unpaired) electrons. The summed E-state index contributed by atoms with van der Waals surface area (Å²) in [7, 11) is 0. The van der Waals surface area contributed by atoms with Crippen LogP contribution in [0.5, 0.6) is 0 Å². The minimum Gasteiger partial charge on any atom is -0.378 e. The summed E-state index contributed by atoms with van der Waals surface area (Å²) in [4.78, 5) is 27.5. The van der Waals surface area contributed by atoms with E-state index in [1.807, 2.05) is 35.2 Å². The zero-order valence-electron chi connectivity index (χ0n) is 24.3. The Morgan fingerprint density at radius 1 is 0.805 bits per heavy atom. The van der Waals surface area contributed by atoms with Gasteiger partial charge in [-0.3, -0.25) is 9.59 Å². The molecule has 0 aliphatic carbocycles. The zero-order valence-corrected chi connectivity index (χ0v) is 24.3. The number of allylic oxidation sites excluding steroid dienone is 1. The number of nitrogens with two attached hydrogens (primary N) is 1. The molecule has 2 aromatic carbocycles. The lowest BCUT2D eigenvalue weighted by Crippen LogP contribution is -2.32. The molecule has 224 valence electrons. The van der Waals surface area contributed by atoms with Gasteiger partial charge in [-0.15, -0.1) is 0 Å². The zero-order chi connectivity index (χ0) is 29.1. The Kier molecular flexibility index (Phi) is 15.1. The second-order valence-corrected chi connectivity index (χ2v) is 9.82. The fourth-order valence-electron chi connectivity index (χ4n) is 4.54. The van der Waals surface area contributed by atoms with E-state index in [-0.39, 0.29) is 11.8 Å². The van der Waals surface area contributed by atoms with Gasteiger partial charge in [-0.1, -0.05) is 48.5 Å². The predicted molar refractivity (Wildman–Crippen MR) is 161 cm³/mol. The van der Waals surface area contributed by atoms with Gasteiger partial charge in [0.2, 0.25) is 11.8 Å². The molecule has 1 aliphatic rings. The molecule has 0 saturated heterocycles. The Bertz CT molecular complexity index is 1110. The third kappa shape index (κ3) is 11.7. The third-order valence-electron chi connectivity index (χ3n) is 6.67. The molecule has 1 aliphatic heterocycles. The van der Waals surface area contributed by atoms with Gasteiger partial charge in [0.05, 0.1) is 65.1 Å². The summed E-state index contributed by atoms with van der Waals surface area (Å²) in [5.41, 5.74) is 10.7. The van der Waals surface area contributed by atoms with E-state index in [4.69, 9.17) is 24.7 Å². The predicted octanol–water partition coefficient (Wildman–Crippen LogP) is 3.80. The van der Waals surface area contributed by atoms with Crippen LogP contribution >= 0.6 is 0 Å². The number of unbranched alkanes of at least 4 members (excludes halogenated alkanes) is 1. The summed E-state index contributed by atoms with van der Waals surface area (Å²) in [5.74, 6) is 0.0391. The molecule has 0 unspecified atom stereocenters. The van der Waals surface area contributed by atoms with E-state index < -0.39 is 0 Å². The Labute approximate surface area is 244 Å². The van der Waals surface area contributed by atoms with Crippen molar-refractivity contribution in [3.8, 4) is 0 Å². The highest BCUT2D eigenvalue weighted by atomic mass is 16.6. The van der Waals surface area contributed by atoms with Crippen LogP contribution in [0.2, 0.25) is 0 Å². The highest BCUT2D eigenvalue weighted by Gasteiger charge is 2.22. The minimum absolute atomic E-state index is 0.0313. The second kappa shape index (κ2) is 19.1. The first-order chi connectivity index (χ1) is 20.1. The van der Waals surface area contributed by atoms with Gasteiger partial charge in [0, 0.05) is 31.5 Å². The fourth-order valence-corrected chi connectivity index (χ4v) is 4.54. The normalized spacial score (nSPS) is 13.9. The first kappa shape index (κ1) is 32.4. The largest absolute Gasteiger partial charge is 0.378 e. The number of hydrogen-bond acceptors (Lipinski definition) is 7. The molecule has 9 nitrogen and oxygen atoms in total. The molecule has 0 saturated carbocycles. The summed E-state index contributed by atoms with van der Waals surface area (Å²) in [6, 6.07) is 16.3. The lowest BCUT2D eigenvalue weighted by molar-refractivity contribution is -0.122. The maximum Gasteiger partial charge on any atom is 0.227 e. The molecule has 0 spiro atoms. The summed E-state index contributed by atoms with van der Waals surface area (Å²) in [6.07, 6.45) is 4.27. The van der Waals surface area contributed by atoms with Crippen LogP contribution in [0.15, 0.2) is 48.5 Å². The van der Waals surface area contributed by atoms with Crippen LogP contribution in [0, 0.1) is 0 Å². The SMILES string of the molecule is C/C1=C/c2ccccc2CN(C(=O)CCCCC(=O)NCCOCCOCCOCCOCCN)c2ccccc21. The molecule has 41 heavy (non-hydrogen) atoms. The number of para-hydroxylation sites is 1. The number of carbonyl (C=O) groups excluding carboxylic acids is 2. The number of amides is 2. The molecule has 3 N–H and O–H groups in total. The minimum atomic E-state index is -0.0313. The molecule has 9 heteroatoms. The van der Waals surface area contributed by atoms with Crippen molar-refractivity contribution in [3.63, 3.8) is 0 Å². The van der Waals surface area contributed by atoms with E-state index >= 15 is 0 Å². The summed E-state index contributed by atoms with van der Waals surface area (Å²) < 4.78 is 21.5. The van der Waals surface area contributed by atoms with Crippen LogP contribution in [0.25, 0.3) is 11.6 Å². The Balaban J connectivity index is 1.27. The van der Waals surface area contributed by atoms with Crippen molar-refractivity contribution in [1.29, 1.82) is 0 Å². The van der Waals surface area contributed by atoms with Gasteiger partial charge in [-0.05, 0) is 42.5 Å². The number of hydrogen-bond donors (Lipinski definition) is 2.